The van der Waals surface area contributed by atoms with E-state index in [2.05, 4.69) is 30.4 Å². The van der Waals surface area contributed by atoms with Crippen LogP contribution in [0.5, 0.6) is 0 Å². The topological polar surface area (TPSA) is 138 Å². The van der Waals surface area contributed by atoms with E-state index >= 15 is 0 Å². The first-order valence-electron chi connectivity index (χ1n) is 10.2. The van der Waals surface area contributed by atoms with Gasteiger partial charge in [-0.15, -0.1) is 0 Å². The van der Waals surface area contributed by atoms with Crippen molar-refractivity contribution in [2.75, 3.05) is 5.73 Å². The molecule has 0 fully saturated rings. The highest BCUT2D eigenvalue weighted by Crippen LogP contribution is 2.31. The molecule has 10 heteroatoms. The summed E-state index contributed by atoms with van der Waals surface area (Å²) in [4.78, 5) is 30.5. The van der Waals surface area contributed by atoms with Crippen molar-refractivity contribution >= 4 is 22.6 Å². The zero-order chi connectivity index (χ0) is 22.9. The number of hydrogen-bond acceptors (Lipinski definition) is 8. The number of anilines is 1. The van der Waals surface area contributed by atoms with Gasteiger partial charge in [-0.1, -0.05) is 12.1 Å². The van der Waals surface area contributed by atoms with E-state index in [1.54, 1.807) is 10.9 Å². The molecular weight excluding hydrogens is 420 g/mol. The molecule has 0 bridgehead atoms. The van der Waals surface area contributed by atoms with Crippen molar-refractivity contribution < 1.29 is 9.21 Å². The van der Waals surface area contributed by atoms with Gasteiger partial charge in [-0.3, -0.25) is 14.5 Å². The molecule has 3 N–H and O–H groups in total. The molecule has 0 aliphatic heterocycles. The first kappa shape index (κ1) is 20.3. The fourth-order valence-corrected chi connectivity index (χ4v) is 3.60. The molecule has 1 amide bonds. The Morgan fingerprint density at radius 2 is 2.03 bits per heavy atom. The summed E-state index contributed by atoms with van der Waals surface area (Å²) in [5.74, 6) is -0.219. The van der Waals surface area contributed by atoms with Crippen LogP contribution in [0.4, 0.5) is 5.82 Å². The molecular formula is C23H20N8O2. The first-order chi connectivity index (χ1) is 16.0. The van der Waals surface area contributed by atoms with Crippen LogP contribution in [0, 0.1) is 6.92 Å². The molecule has 0 spiro atoms. The predicted molar refractivity (Wildman–Crippen MR) is 122 cm³/mol. The Labute approximate surface area is 188 Å². The lowest BCUT2D eigenvalue weighted by molar-refractivity contribution is 0.0946. The second-order valence-corrected chi connectivity index (χ2v) is 7.52. The van der Waals surface area contributed by atoms with Crippen LogP contribution >= 0.6 is 0 Å². The Morgan fingerprint density at radius 1 is 1.15 bits per heavy atom. The largest absolute Gasteiger partial charge is 0.443 e. The number of hydrogen-bond donors (Lipinski definition) is 2. The lowest BCUT2D eigenvalue weighted by atomic mass is 10.1. The van der Waals surface area contributed by atoms with Crippen LogP contribution in [-0.2, 0) is 13.6 Å². The molecule has 4 aromatic heterocycles. The molecule has 0 atom stereocenters. The third kappa shape index (κ3) is 3.89. The average Bonchev–Trinajstić information content (AvgIpc) is 3.46. The quantitative estimate of drug-likeness (QED) is 0.425. The second-order valence-electron chi connectivity index (χ2n) is 7.52. The number of aryl methyl sites for hydroxylation is 2. The van der Waals surface area contributed by atoms with E-state index in [0.717, 1.165) is 27.7 Å². The molecule has 4 heterocycles. The van der Waals surface area contributed by atoms with Gasteiger partial charge in [0.1, 0.15) is 12.0 Å². The Bertz CT molecular complexity index is 1470. The average molecular weight is 440 g/mol. The van der Waals surface area contributed by atoms with E-state index in [4.69, 9.17) is 10.2 Å². The summed E-state index contributed by atoms with van der Waals surface area (Å²) in [6.07, 6.45) is 6.57. The molecule has 164 valence electrons. The third-order valence-electron chi connectivity index (χ3n) is 5.18. The molecule has 0 radical (unpaired) electrons. The van der Waals surface area contributed by atoms with Crippen LogP contribution in [0.25, 0.3) is 33.7 Å². The van der Waals surface area contributed by atoms with Crippen molar-refractivity contribution in [1.29, 1.82) is 0 Å². The van der Waals surface area contributed by atoms with Gasteiger partial charge in [-0.2, -0.15) is 5.10 Å². The molecule has 0 saturated carbocycles. The van der Waals surface area contributed by atoms with Gasteiger partial charge in [0.25, 0.3) is 5.91 Å². The summed E-state index contributed by atoms with van der Waals surface area (Å²) >= 11 is 0. The predicted octanol–water partition coefficient (Wildman–Crippen LogP) is 2.90. The Morgan fingerprint density at radius 3 is 2.79 bits per heavy atom. The number of nitrogens with zero attached hydrogens (tertiary/aromatic N) is 6. The van der Waals surface area contributed by atoms with Crippen LogP contribution in [0.15, 0.2) is 59.6 Å². The van der Waals surface area contributed by atoms with E-state index in [9.17, 15) is 4.79 Å². The zero-order valence-corrected chi connectivity index (χ0v) is 18.0. The number of oxazole rings is 1. The summed E-state index contributed by atoms with van der Waals surface area (Å²) in [7, 11) is 1.83. The van der Waals surface area contributed by atoms with Crippen molar-refractivity contribution in [2.45, 2.75) is 13.5 Å². The summed E-state index contributed by atoms with van der Waals surface area (Å²) in [5.41, 5.74) is 10.2. The van der Waals surface area contributed by atoms with Gasteiger partial charge in [0.2, 0.25) is 5.89 Å². The molecule has 0 saturated heterocycles. The molecule has 0 aliphatic carbocycles. The van der Waals surface area contributed by atoms with Gasteiger partial charge < -0.3 is 15.5 Å². The number of aromatic nitrogens is 6. The van der Waals surface area contributed by atoms with Crippen molar-refractivity contribution in [3.8, 4) is 22.8 Å². The van der Waals surface area contributed by atoms with Crippen molar-refractivity contribution in [3.05, 3.63) is 72.1 Å². The number of benzene rings is 1. The smallest absolute Gasteiger partial charge is 0.274 e. The van der Waals surface area contributed by atoms with E-state index in [0.29, 0.717) is 11.4 Å². The second kappa shape index (κ2) is 8.15. The number of pyridine rings is 1. The van der Waals surface area contributed by atoms with Gasteiger partial charge >= 0.3 is 0 Å². The summed E-state index contributed by atoms with van der Waals surface area (Å²) < 4.78 is 7.15. The highest BCUT2D eigenvalue weighted by Gasteiger charge is 2.22. The molecule has 0 unspecified atom stereocenters. The number of rotatable bonds is 5. The minimum atomic E-state index is -0.451. The zero-order valence-electron chi connectivity index (χ0n) is 18.0. The highest BCUT2D eigenvalue weighted by atomic mass is 16.3. The van der Waals surface area contributed by atoms with Crippen molar-refractivity contribution in [3.63, 3.8) is 0 Å². The van der Waals surface area contributed by atoms with Crippen molar-refractivity contribution in [1.82, 2.24) is 35.0 Å². The summed E-state index contributed by atoms with van der Waals surface area (Å²) in [6.45, 7) is 2.17. The van der Waals surface area contributed by atoms with Gasteiger partial charge in [0.15, 0.2) is 17.2 Å². The Kier molecular flexibility index (Phi) is 5.02. The number of nitrogens with two attached hydrogens (primary N) is 1. The van der Waals surface area contributed by atoms with E-state index in [1.165, 1.54) is 12.5 Å². The molecule has 1 aromatic carbocycles. The van der Waals surface area contributed by atoms with E-state index < -0.39 is 5.91 Å². The fraction of sp³-hybridized carbons (Fsp3) is 0.130. The Balaban J connectivity index is 1.56. The number of amides is 1. The lowest BCUT2D eigenvalue weighted by Gasteiger charge is -2.12. The van der Waals surface area contributed by atoms with Gasteiger partial charge in [-0.25, -0.2) is 15.0 Å². The fourth-order valence-electron chi connectivity index (χ4n) is 3.60. The maximum absolute atomic E-state index is 13.0. The van der Waals surface area contributed by atoms with Gasteiger partial charge in [0.05, 0.1) is 24.0 Å². The van der Waals surface area contributed by atoms with Gasteiger partial charge in [0, 0.05) is 30.4 Å². The molecule has 10 nitrogen and oxygen atoms in total. The maximum atomic E-state index is 13.0. The highest BCUT2D eigenvalue weighted by molar-refractivity contribution is 5.98. The number of carbonyl (C=O) groups is 1. The van der Waals surface area contributed by atoms with Crippen LogP contribution in [0.3, 0.4) is 0 Å². The van der Waals surface area contributed by atoms with Crippen LogP contribution < -0.4 is 11.1 Å². The molecule has 33 heavy (non-hydrogen) atoms. The molecule has 5 rings (SSSR count). The van der Waals surface area contributed by atoms with E-state index in [-0.39, 0.29) is 23.9 Å². The minimum Gasteiger partial charge on any atom is -0.443 e. The van der Waals surface area contributed by atoms with E-state index in [1.807, 2.05) is 50.5 Å². The van der Waals surface area contributed by atoms with Gasteiger partial charge in [-0.05, 0) is 30.7 Å². The van der Waals surface area contributed by atoms with Crippen LogP contribution in [0.1, 0.15) is 21.7 Å². The summed E-state index contributed by atoms with van der Waals surface area (Å²) in [6, 6.07) is 9.47. The maximum Gasteiger partial charge on any atom is 0.274 e. The number of nitrogens with one attached hydrogen (secondary N) is 1. The number of nitrogen functional groups attached to an aromatic ring is 1. The van der Waals surface area contributed by atoms with Crippen LogP contribution in [-0.4, -0.2) is 35.6 Å². The molecule has 5 aromatic rings. The van der Waals surface area contributed by atoms with Crippen LogP contribution in [0.2, 0.25) is 0 Å². The SMILES string of the molecule is Cc1cn(C)nc1CNC(=O)c1nc(-c2ccc3ncccc3c2)c(-c2ncco2)nc1N. The number of carbonyl (C=O) groups excluding carboxylic acids is 1. The summed E-state index contributed by atoms with van der Waals surface area (Å²) in [5, 5.41) is 8.09. The van der Waals surface area contributed by atoms with Crippen molar-refractivity contribution in [2.24, 2.45) is 7.05 Å². The minimum absolute atomic E-state index is 0.0140. The monoisotopic (exact) mass is 440 g/mol. The number of fused-ring (bicyclic) bond motifs is 1. The standard InChI is InChI=1S/C23H20N8O2/c1-13-12-31(2)30-17(13)11-27-22(32)20-21(24)29-19(23-26-8-9-33-23)18(28-20)15-5-6-16-14(10-15)4-3-7-25-16/h3-10,12H,11H2,1-2H3,(H2,24,29)(H,27,32). The normalized spacial score (nSPS) is 11.1. The lowest BCUT2D eigenvalue weighted by Crippen LogP contribution is -2.26. The Hall–Kier alpha value is -4.60. The first-order valence-corrected chi connectivity index (χ1v) is 10.2. The third-order valence-corrected chi connectivity index (χ3v) is 5.18. The molecule has 0 aliphatic rings.